The molecule has 0 atom stereocenters. The lowest BCUT2D eigenvalue weighted by atomic mass is 10.0. The number of imidazole rings is 1. The number of aryl methyl sites for hydroxylation is 1. The number of rotatable bonds is 6. The topological polar surface area (TPSA) is 84.2 Å². The van der Waals surface area contributed by atoms with Crippen molar-refractivity contribution in [3.05, 3.63) is 30.6 Å². The molecule has 1 aliphatic heterocycles. The molecular weight excluding hydrogens is 376 g/mol. The number of hydrogen-bond acceptors (Lipinski definition) is 6. The molecule has 28 heavy (non-hydrogen) atoms. The Morgan fingerprint density at radius 3 is 2.36 bits per heavy atom. The van der Waals surface area contributed by atoms with Crippen LogP contribution in [0, 0.1) is 0 Å². The summed E-state index contributed by atoms with van der Waals surface area (Å²) < 4.78 is 29.6. The molecule has 0 N–H and O–H groups in total. The number of piperidine rings is 1. The van der Waals surface area contributed by atoms with Crippen molar-refractivity contribution in [3.8, 4) is 0 Å². The van der Waals surface area contributed by atoms with Crippen LogP contribution in [0.25, 0.3) is 0 Å². The first-order chi connectivity index (χ1) is 13.4. The number of nitrogens with zero attached hydrogens (tertiary/aromatic N) is 6. The molecule has 1 saturated heterocycles. The van der Waals surface area contributed by atoms with Crippen LogP contribution in [0.3, 0.4) is 0 Å². The van der Waals surface area contributed by atoms with Crippen LogP contribution in [0.1, 0.15) is 51.3 Å². The van der Waals surface area contributed by atoms with Crippen LogP contribution in [-0.4, -0.2) is 57.4 Å². The maximum Gasteiger partial charge on any atom is 0.262 e. The summed E-state index contributed by atoms with van der Waals surface area (Å²) in [7, 11) is -1.71. The SMILES string of the molecule is CC(C)c1nc(S(=O)(=O)N2CCC(N(c3ccncn3)C3CC3)CC2)cn1C. The first kappa shape index (κ1) is 19.3. The summed E-state index contributed by atoms with van der Waals surface area (Å²) in [6.45, 7) is 5.05. The van der Waals surface area contributed by atoms with E-state index in [2.05, 4.69) is 19.9 Å². The quantitative estimate of drug-likeness (QED) is 0.734. The molecule has 0 aromatic carbocycles. The van der Waals surface area contributed by atoms with E-state index in [-0.39, 0.29) is 10.9 Å². The second-order valence-electron chi connectivity index (χ2n) is 8.04. The van der Waals surface area contributed by atoms with Crippen LogP contribution in [0.5, 0.6) is 0 Å². The molecule has 152 valence electrons. The van der Waals surface area contributed by atoms with Crippen molar-refractivity contribution in [2.45, 2.75) is 62.6 Å². The van der Waals surface area contributed by atoms with Crippen LogP contribution in [0.4, 0.5) is 5.82 Å². The average Bonchev–Trinajstić information content (AvgIpc) is 3.43. The smallest absolute Gasteiger partial charge is 0.262 e. The Hall–Kier alpha value is -2.00. The van der Waals surface area contributed by atoms with E-state index in [1.54, 1.807) is 23.0 Å². The lowest BCUT2D eigenvalue weighted by molar-refractivity contribution is 0.307. The Labute approximate surface area is 166 Å². The van der Waals surface area contributed by atoms with Crippen LogP contribution in [-0.2, 0) is 17.1 Å². The number of anilines is 1. The molecule has 0 bridgehead atoms. The van der Waals surface area contributed by atoms with Gasteiger partial charge in [-0.15, -0.1) is 0 Å². The zero-order valence-corrected chi connectivity index (χ0v) is 17.5. The van der Waals surface area contributed by atoms with Crippen LogP contribution < -0.4 is 4.90 Å². The molecule has 9 heteroatoms. The van der Waals surface area contributed by atoms with Gasteiger partial charge in [-0.3, -0.25) is 0 Å². The zero-order chi connectivity index (χ0) is 19.9. The highest BCUT2D eigenvalue weighted by Crippen LogP contribution is 2.35. The van der Waals surface area contributed by atoms with E-state index < -0.39 is 10.0 Å². The number of aromatic nitrogens is 4. The van der Waals surface area contributed by atoms with Crippen LogP contribution in [0.2, 0.25) is 0 Å². The van der Waals surface area contributed by atoms with Gasteiger partial charge >= 0.3 is 0 Å². The molecule has 0 radical (unpaired) electrons. The number of hydrogen-bond donors (Lipinski definition) is 0. The monoisotopic (exact) mass is 404 g/mol. The molecule has 0 unspecified atom stereocenters. The molecule has 0 spiro atoms. The summed E-state index contributed by atoms with van der Waals surface area (Å²) in [6.07, 6.45) is 8.92. The van der Waals surface area contributed by atoms with Crippen LogP contribution >= 0.6 is 0 Å². The van der Waals surface area contributed by atoms with Gasteiger partial charge in [0.15, 0.2) is 5.03 Å². The van der Waals surface area contributed by atoms with Gasteiger partial charge in [-0.05, 0) is 31.7 Å². The zero-order valence-electron chi connectivity index (χ0n) is 16.7. The predicted octanol–water partition coefficient (Wildman–Crippen LogP) is 2.16. The van der Waals surface area contributed by atoms with Gasteiger partial charge in [-0.25, -0.2) is 23.4 Å². The molecule has 2 aliphatic rings. The Kier molecular flexibility index (Phi) is 5.13. The van der Waals surface area contributed by atoms with Gasteiger partial charge in [0.25, 0.3) is 10.0 Å². The first-order valence-corrected chi connectivity index (χ1v) is 11.4. The van der Waals surface area contributed by atoms with Gasteiger partial charge in [0.1, 0.15) is 18.0 Å². The minimum atomic E-state index is -3.56. The highest BCUT2D eigenvalue weighted by Gasteiger charge is 2.39. The van der Waals surface area contributed by atoms with Gasteiger partial charge < -0.3 is 9.47 Å². The van der Waals surface area contributed by atoms with E-state index in [9.17, 15) is 8.42 Å². The third-order valence-electron chi connectivity index (χ3n) is 5.60. The highest BCUT2D eigenvalue weighted by atomic mass is 32.2. The molecule has 4 rings (SSSR count). The fourth-order valence-corrected chi connectivity index (χ4v) is 5.52. The van der Waals surface area contributed by atoms with Crippen molar-refractivity contribution < 1.29 is 8.42 Å². The van der Waals surface area contributed by atoms with Gasteiger partial charge in [-0.2, -0.15) is 4.31 Å². The van der Waals surface area contributed by atoms with Gasteiger partial charge in [0.05, 0.1) is 0 Å². The maximum atomic E-state index is 13.1. The molecule has 1 aliphatic carbocycles. The van der Waals surface area contributed by atoms with E-state index in [0.717, 1.165) is 24.5 Å². The van der Waals surface area contributed by atoms with Crippen molar-refractivity contribution >= 4 is 15.8 Å². The molecule has 2 aromatic heterocycles. The summed E-state index contributed by atoms with van der Waals surface area (Å²) in [4.78, 5) is 15.2. The molecular formula is C19H28N6O2S. The molecule has 3 heterocycles. The fraction of sp³-hybridized carbons (Fsp3) is 0.632. The Morgan fingerprint density at radius 1 is 1.14 bits per heavy atom. The Morgan fingerprint density at radius 2 is 1.82 bits per heavy atom. The van der Waals surface area contributed by atoms with E-state index in [1.807, 2.05) is 31.5 Å². The minimum absolute atomic E-state index is 0.159. The summed E-state index contributed by atoms with van der Waals surface area (Å²) in [5.74, 6) is 1.92. The van der Waals surface area contributed by atoms with Crippen LogP contribution in [0.15, 0.2) is 29.8 Å². The molecule has 2 fully saturated rings. The molecule has 2 aromatic rings. The molecule has 1 saturated carbocycles. The average molecular weight is 405 g/mol. The van der Waals surface area contributed by atoms with Crippen molar-refractivity contribution in [1.82, 2.24) is 23.8 Å². The third kappa shape index (κ3) is 3.65. The molecule has 8 nitrogen and oxygen atoms in total. The second kappa shape index (κ2) is 7.44. The van der Waals surface area contributed by atoms with Crippen molar-refractivity contribution in [3.63, 3.8) is 0 Å². The van der Waals surface area contributed by atoms with Crippen molar-refractivity contribution in [1.29, 1.82) is 0 Å². The lowest BCUT2D eigenvalue weighted by Gasteiger charge is -2.38. The predicted molar refractivity (Wildman–Crippen MR) is 107 cm³/mol. The van der Waals surface area contributed by atoms with Gasteiger partial charge in [0.2, 0.25) is 0 Å². The summed E-state index contributed by atoms with van der Waals surface area (Å²) in [5.41, 5.74) is 0. The van der Waals surface area contributed by atoms with E-state index in [1.165, 1.54) is 12.8 Å². The fourth-order valence-electron chi connectivity index (χ4n) is 4.07. The van der Waals surface area contributed by atoms with Gasteiger partial charge in [0, 0.05) is 50.5 Å². The first-order valence-electron chi connectivity index (χ1n) is 9.95. The summed E-state index contributed by atoms with van der Waals surface area (Å²) in [5, 5.41) is 0.159. The molecule has 0 amide bonds. The maximum absolute atomic E-state index is 13.1. The second-order valence-corrected chi connectivity index (χ2v) is 9.93. The largest absolute Gasteiger partial charge is 0.350 e. The normalized spacial score (nSPS) is 19.3. The Balaban J connectivity index is 1.48. The number of sulfonamides is 1. The summed E-state index contributed by atoms with van der Waals surface area (Å²) >= 11 is 0. The van der Waals surface area contributed by atoms with E-state index in [0.29, 0.717) is 25.2 Å². The standard InChI is InChI=1S/C19H28N6O2S/c1-14(2)19-22-18(12-23(19)3)28(26,27)24-10-7-16(8-11-24)25(15-4-5-15)17-6-9-20-13-21-17/h6,9,12-16H,4-5,7-8,10-11H2,1-3H3. The Bertz CT molecular complexity index is 915. The van der Waals surface area contributed by atoms with Gasteiger partial charge in [-0.1, -0.05) is 13.8 Å². The van der Waals surface area contributed by atoms with E-state index in [4.69, 9.17) is 0 Å². The lowest BCUT2D eigenvalue weighted by Crippen LogP contribution is -2.48. The summed E-state index contributed by atoms with van der Waals surface area (Å²) in [6, 6.07) is 2.78. The van der Waals surface area contributed by atoms with E-state index >= 15 is 0 Å². The van der Waals surface area contributed by atoms with Crippen molar-refractivity contribution in [2.75, 3.05) is 18.0 Å². The highest BCUT2D eigenvalue weighted by molar-refractivity contribution is 7.89. The van der Waals surface area contributed by atoms with Crippen molar-refractivity contribution in [2.24, 2.45) is 7.05 Å². The minimum Gasteiger partial charge on any atom is -0.350 e. The third-order valence-corrected chi connectivity index (χ3v) is 7.37.